The number of likely N-dealkylation sites (tertiary alicyclic amines) is 1. The molecule has 1 aliphatic heterocycles. The molecule has 1 heterocycles. The number of nitrogens with one attached hydrogen (secondary N) is 1. The highest BCUT2D eigenvalue weighted by molar-refractivity contribution is 5.91. The summed E-state index contributed by atoms with van der Waals surface area (Å²) in [7, 11) is 0. The van der Waals surface area contributed by atoms with Crippen molar-refractivity contribution in [2.45, 2.75) is 33.2 Å². The Morgan fingerprint density at radius 2 is 2.06 bits per heavy atom. The van der Waals surface area contributed by atoms with Gasteiger partial charge in [0.05, 0.1) is 5.92 Å². The predicted octanol–water partition coefficient (Wildman–Crippen LogP) is 0.0802. The van der Waals surface area contributed by atoms with Crippen molar-refractivity contribution in [1.29, 1.82) is 0 Å². The van der Waals surface area contributed by atoms with Crippen molar-refractivity contribution in [2.24, 2.45) is 11.8 Å². The number of carboxylic acid groups (broad SMARTS) is 1. The largest absolute Gasteiger partial charge is 0.480 e. The summed E-state index contributed by atoms with van der Waals surface area (Å²) in [5.41, 5.74) is 0. The van der Waals surface area contributed by atoms with Crippen LogP contribution in [0.4, 0.5) is 0 Å². The fourth-order valence-corrected chi connectivity index (χ4v) is 1.96. The lowest BCUT2D eigenvalue weighted by molar-refractivity contribution is -0.141. The Morgan fingerprint density at radius 1 is 1.44 bits per heavy atom. The van der Waals surface area contributed by atoms with Gasteiger partial charge in [0.2, 0.25) is 11.8 Å². The van der Waals surface area contributed by atoms with Crippen LogP contribution in [0.25, 0.3) is 0 Å². The molecule has 0 radical (unpaired) electrons. The topological polar surface area (TPSA) is 86.7 Å². The van der Waals surface area contributed by atoms with E-state index in [9.17, 15) is 14.4 Å². The van der Waals surface area contributed by atoms with E-state index in [1.54, 1.807) is 4.90 Å². The molecule has 2 atom stereocenters. The second kappa shape index (κ2) is 5.84. The molecule has 0 aromatic rings. The first-order valence-electron chi connectivity index (χ1n) is 6.12. The third kappa shape index (κ3) is 3.72. The molecule has 2 N–H and O–H groups in total. The molecule has 1 saturated heterocycles. The average molecular weight is 256 g/mol. The maximum atomic E-state index is 11.8. The molecule has 2 amide bonds. The van der Waals surface area contributed by atoms with Crippen LogP contribution >= 0.6 is 0 Å². The van der Waals surface area contributed by atoms with Gasteiger partial charge in [-0.2, -0.15) is 0 Å². The standard InChI is InChI=1S/C12H20N2O4/c1-7(2)5-14-6-9(4-10(14)15)11(16)13-8(3)12(17)18/h7-9H,4-6H2,1-3H3,(H,13,16)(H,17,18)/t8-,9?/m1/s1. The summed E-state index contributed by atoms with van der Waals surface area (Å²) in [5.74, 6) is -1.55. The minimum Gasteiger partial charge on any atom is -0.480 e. The Hall–Kier alpha value is -1.59. The number of carboxylic acids is 1. The van der Waals surface area contributed by atoms with Gasteiger partial charge in [-0.1, -0.05) is 13.8 Å². The third-order valence-corrected chi connectivity index (χ3v) is 2.90. The molecule has 6 nitrogen and oxygen atoms in total. The number of carbonyl (C=O) groups is 3. The third-order valence-electron chi connectivity index (χ3n) is 2.90. The molecule has 102 valence electrons. The van der Waals surface area contributed by atoms with Gasteiger partial charge in [-0.3, -0.25) is 14.4 Å². The van der Waals surface area contributed by atoms with Gasteiger partial charge in [0, 0.05) is 19.5 Å². The molecule has 0 aliphatic carbocycles. The number of hydrogen-bond acceptors (Lipinski definition) is 3. The lowest BCUT2D eigenvalue weighted by Gasteiger charge is -2.19. The van der Waals surface area contributed by atoms with E-state index >= 15 is 0 Å². The van der Waals surface area contributed by atoms with Crippen LogP contribution in [0.2, 0.25) is 0 Å². The Balaban J connectivity index is 2.52. The number of nitrogens with zero attached hydrogens (tertiary/aromatic N) is 1. The Kier molecular flexibility index (Phi) is 4.69. The molecule has 1 fully saturated rings. The maximum Gasteiger partial charge on any atom is 0.325 e. The summed E-state index contributed by atoms with van der Waals surface area (Å²) in [4.78, 5) is 35.8. The van der Waals surface area contributed by atoms with Gasteiger partial charge in [0.1, 0.15) is 6.04 Å². The smallest absolute Gasteiger partial charge is 0.325 e. The van der Waals surface area contributed by atoms with Crippen LogP contribution in [0, 0.1) is 11.8 Å². The van der Waals surface area contributed by atoms with Gasteiger partial charge in [-0.25, -0.2) is 0 Å². The number of aliphatic carboxylic acids is 1. The van der Waals surface area contributed by atoms with Crippen molar-refractivity contribution in [3.8, 4) is 0 Å². The van der Waals surface area contributed by atoms with Crippen LogP contribution in [-0.4, -0.2) is 46.9 Å². The van der Waals surface area contributed by atoms with Gasteiger partial charge in [0.25, 0.3) is 0 Å². The van der Waals surface area contributed by atoms with Crippen molar-refractivity contribution in [3.05, 3.63) is 0 Å². The van der Waals surface area contributed by atoms with E-state index in [1.807, 2.05) is 13.8 Å². The van der Waals surface area contributed by atoms with Crippen LogP contribution < -0.4 is 5.32 Å². The zero-order valence-corrected chi connectivity index (χ0v) is 11.0. The van der Waals surface area contributed by atoms with Crippen molar-refractivity contribution in [2.75, 3.05) is 13.1 Å². The average Bonchev–Trinajstić information content (AvgIpc) is 2.59. The highest BCUT2D eigenvalue weighted by Gasteiger charge is 2.35. The second-order valence-corrected chi connectivity index (χ2v) is 5.16. The SMILES string of the molecule is CC(C)CN1CC(C(=O)N[C@H](C)C(=O)O)CC1=O. The van der Waals surface area contributed by atoms with Crippen molar-refractivity contribution < 1.29 is 19.5 Å². The summed E-state index contributed by atoms with van der Waals surface area (Å²) in [5, 5.41) is 11.1. The van der Waals surface area contributed by atoms with Crippen LogP contribution in [0.3, 0.4) is 0 Å². The van der Waals surface area contributed by atoms with E-state index in [0.29, 0.717) is 19.0 Å². The lowest BCUT2D eigenvalue weighted by Crippen LogP contribution is -2.42. The van der Waals surface area contributed by atoms with Crippen molar-refractivity contribution >= 4 is 17.8 Å². The van der Waals surface area contributed by atoms with E-state index in [-0.39, 0.29) is 18.2 Å². The van der Waals surface area contributed by atoms with Gasteiger partial charge < -0.3 is 15.3 Å². The lowest BCUT2D eigenvalue weighted by atomic mass is 10.1. The Labute approximate surface area is 106 Å². The first-order valence-corrected chi connectivity index (χ1v) is 6.12. The van der Waals surface area contributed by atoms with E-state index in [1.165, 1.54) is 6.92 Å². The summed E-state index contributed by atoms with van der Waals surface area (Å²) in [6.45, 7) is 6.44. The Morgan fingerprint density at radius 3 is 2.56 bits per heavy atom. The Bertz CT molecular complexity index is 354. The highest BCUT2D eigenvalue weighted by Crippen LogP contribution is 2.19. The van der Waals surface area contributed by atoms with Crippen LogP contribution in [0.1, 0.15) is 27.2 Å². The number of hydrogen-bond donors (Lipinski definition) is 2. The van der Waals surface area contributed by atoms with Crippen LogP contribution in [0.15, 0.2) is 0 Å². The van der Waals surface area contributed by atoms with Gasteiger partial charge in [0.15, 0.2) is 0 Å². The van der Waals surface area contributed by atoms with E-state index < -0.39 is 17.9 Å². The number of rotatable bonds is 5. The highest BCUT2D eigenvalue weighted by atomic mass is 16.4. The maximum absolute atomic E-state index is 11.8. The molecule has 1 unspecified atom stereocenters. The van der Waals surface area contributed by atoms with Crippen LogP contribution in [-0.2, 0) is 14.4 Å². The fraction of sp³-hybridized carbons (Fsp3) is 0.750. The summed E-state index contributed by atoms with van der Waals surface area (Å²) in [6, 6.07) is -0.924. The van der Waals surface area contributed by atoms with Crippen molar-refractivity contribution in [1.82, 2.24) is 10.2 Å². The quantitative estimate of drug-likeness (QED) is 0.729. The normalized spacial score (nSPS) is 21.2. The molecule has 0 spiro atoms. The molecule has 0 aromatic heterocycles. The molecule has 6 heteroatoms. The minimum atomic E-state index is -1.08. The molecule has 0 saturated carbocycles. The van der Waals surface area contributed by atoms with Crippen LogP contribution in [0.5, 0.6) is 0 Å². The van der Waals surface area contributed by atoms with Gasteiger partial charge >= 0.3 is 5.97 Å². The van der Waals surface area contributed by atoms with E-state index in [2.05, 4.69) is 5.32 Å². The number of carbonyl (C=O) groups excluding carboxylic acids is 2. The molecule has 1 aliphatic rings. The zero-order chi connectivity index (χ0) is 13.9. The van der Waals surface area contributed by atoms with Gasteiger partial charge in [-0.05, 0) is 12.8 Å². The molecule has 1 rings (SSSR count). The second-order valence-electron chi connectivity index (χ2n) is 5.16. The van der Waals surface area contributed by atoms with Gasteiger partial charge in [-0.15, -0.1) is 0 Å². The molecule has 0 aromatic carbocycles. The molecule has 18 heavy (non-hydrogen) atoms. The zero-order valence-electron chi connectivity index (χ0n) is 11.0. The summed E-state index contributed by atoms with van der Waals surface area (Å²) < 4.78 is 0. The molecule has 0 bridgehead atoms. The van der Waals surface area contributed by atoms with Crippen molar-refractivity contribution in [3.63, 3.8) is 0 Å². The fourth-order valence-electron chi connectivity index (χ4n) is 1.96. The summed E-state index contributed by atoms with van der Waals surface area (Å²) in [6.07, 6.45) is 0.172. The summed E-state index contributed by atoms with van der Waals surface area (Å²) >= 11 is 0. The molecular weight excluding hydrogens is 236 g/mol. The van der Waals surface area contributed by atoms with E-state index in [0.717, 1.165) is 0 Å². The van der Waals surface area contributed by atoms with E-state index in [4.69, 9.17) is 5.11 Å². The predicted molar refractivity (Wildman–Crippen MR) is 64.8 cm³/mol. The number of amides is 2. The first kappa shape index (κ1) is 14.5. The monoisotopic (exact) mass is 256 g/mol. The minimum absolute atomic E-state index is 0.0353. The first-order chi connectivity index (χ1) is 8.31. The molecular formula is C12H20N2O4.